The van der Waals surface area contributed by atoms with Gasteiger partial charge in [-0.15, -0.1) is 0 Å². The minimum absolute atomic E-state index is 0.0125. The summed E-state index contributed by atoms with van der Waals surface area (Å²) in [5.41, 5.74) is 7.57. The predicted molar refractivity (Wildman–Crippen MR) is 319 cm³/mol. The van der Waals surface area contributed by atoms with Crippen LogP contribution in [0.2, 0.25) is 0 Å². The van der Waals surface area contributed by atoms with Gasteiger partial charge in [-0.05, 0) is 86.1 Å². The van der Waals surface area contributed by atoms with Crippen molar-refractivity contribution in [2.24, 2.45) is 17.6 Å². The number of imide groups is 1. The third-order valence-electron chi connectivity index (χ3n) is 14.9. The molecule has 476 valence electrons. The minimum atomic E-state index is -1.77. The largest absolute Gasteiger partial charge is 0.508 e. The third kappa shape index (κ3) is 20.1. The molecule has 0 aliphatic carbocycles. The lowest BCUT2D eigenvalue weighted by atomic mass is 9.98. The van der Waals surface area contributed by atoms with Crippen molar-refractivity contribution in [2.45, 2.75) is 160 Å². The van der Waals surface area contributed by atoms with E-state index in [4.69, 9.17) is 11.1 Å². The summed E-state index contributed by atoms with van der Waals surface area (Å²) in [6, 6.07) is 0.999. The highest BCUT2D eigenvalue weighted by molar-refractivity contribution is 6.01. The van der Waals surface area contributed by atoms with Crippen LogP contribution >= 0.6 is 0 Å². The fourth-order valence-electron chi connectivity index (χ4n) is 10.5. The Bertz CT molecular complexity index is 3130. The normalized spacial score (nSPS) is 17.0. The second kappa shape index (κ2) is 32.4. The Morgan fingerprint density at radius 1 is 0.705 bits per heavy atom. The summed E-state index contributed by atoms with van der Waals surface area (Å²) in [5.74, 6) is -9.04. The van der Waals surface area contributed by atoms with Gasteiger partial charge in [0, 0.05) is 69.0 Å². The number of carbonyl (C=O) groups is 11. The first-order valence-electron chi connectivity index (χ1n) is 29.4. The number of aromatic amines is 2. The number of nitrogens with zero attached hydrogens (tertiary/aromatic N) is 2. The van der Waals surface area contributed by atoms with E-state index in [1.165, 1.54) is 48.6 Å². The van der Waals surface area contributed by atoms with E-state index >= 15 is 0 Å². The maximum absolute atomic E-state index is 14.7. The fourth-order valence-corrected chi connectivity index (χ4v) is 10.5. The van der Waals surface area contributed by atoms with E-state index in [1.54, 1.807) is 58.2 Å². The van der Waals surface area contributed by atoms with Gasteiger partial charge >= 0.3 is 0 Å². The molecule has 6 rings (SSSR count). The van der Waals surface area contributed by atoms with Crippen LogP contribution in [0.5, 0.6) is 5.75 Å². The third-order valence-corrected chi connectivity index (χ3v) is 14.9. The first kappa shape index (κ1) is 67.7. The summed E-state index contributed by atoms with van der Waals surface area (Å²) in [4.78, 5) is 163. The van der Waals surface area contributed by atoms with Crippen LogP contribution in [0, 0.1) is 17.2 Å². The van der Waals surface area contributed by atoms with Gasteiger partial charge in [-0.3, -0.25) is 63.5 Å². The molecule has 0 saturated carbocycles. The number of likely N-dealkylation sites (tertiary alicyclic amines) is 1. The van der Waals surface area contributed by atoms with Crippen LogP contribution in [0.1, 0.15) is 103 Å². The van der Waals surface area contributed by atoms with Crippen LogP contribution in [-0.2, 0) is 72.0 Å². The number of aromatic hydroxyl groups is 1. The van der Waals surface area contributed by atoms with Crippen LogP contribution in [-0.4, -0.2) is 175 Å². The number of aromatic nitrogens is 3. The molecule has 0 unspecified atom stereocenters. The lowest BCUT2D eigenvalue weighted by Crippen LogP contribution is -2.61. The molecule has 2 aliphatic rings. The number of aliphatic hydroxyl groups is 1. The molecular weight excluding hydrogens is 1140 g/mol. The number of benzene rings is 2. The molecule has 88 heavy (non-hydrogen) atoms. The molecule has 0 radical (unpaired) electrons. The van der Waals surface area contributed by atoms with Crippen molar-refractivity contribution in [1.29, 1.82) is 5.41 Å². The van der Waals surface area contributed by atoms with Crippen molar-refractivity contribution in [3.63, 3.8) is 0 Å². The molecule has 29 heteroatoms. The number of para-hydroxylation sites is 1. The zero-order chi connectivity index (χ0) is 64.2. The smallest absolute Gasteiger partial charge is 0.249 e. The lowest BCUT2D eigenvalue weighted by molar-refractivity contribution is -0.143. The maximum Gasteiger partial charge on any atom is 0.249 e. The van der Waals surface area contributed by atoms with Crippen LogP contribution in [0.3, 0.4) is 0 Å². The topological polar surface area (TPSA) is 446 Å². The number of carbonyl (C=O) groups excluding carboxylic acids is 11. The van der Waals surface area contributed by atoms with E-state index in [0.717, 1.165) is 0 Å². The molecule has 0 bridgehead atoms. The first-order chi connectivity index (χ1) is 41.9. The summed E-state index contributed by atoms with van der Waals surface area (Å²) < 4.78 is 0. The Kier molecular flexibility index (Phi) is 24.9. The van der Waals surface area contributed by atoms with Crippen LogP contribution in [0.15, 0.2) is 67.3 Å². The van der Waals surface area contributed by atoms with Gasteiger partial charge in [-0.1, -0.05) is 58.0 Å². The van der Waals surface area contributed by atoms with E-state index in [1.807, 2.05) is 0 Å². The molecule has 4 heterocycles. The highest BCUT2D eigenvalue weighted by atomic mass is 16.3. The SMILES string of the molecule is CC(=O)NC(=O)[C@@H]1CCCN1C(=O)[C@H](CCCNC(=N)N)NC(=O)[C@H](CC(C)C)NC(=O)[C@@H](CC(C)C)NC(=O)[C@H](Cc1ccc(O)cc1)NC(=O)[C@H](CO)NC(=O)[C@H](Cc1c[nH]c2ccccc12)NC(=O)[C@H](Cc1c[nH]cn1)NC(=O)[C@@H]1CCC(=O)N1. The predicted octanol–water partition coefficient (Wildman–Crippen LogP) is -1.70. The fraction of sp³-hybridized carbons (Fsp3) is 0.508. The summed E-state index contributed by atoms with van der Waals surface area (Å²) in [7, 11) is 0. The number of nitrogens with one attached hydrogen (secondary N) is 13. The molecular formula is C59H82N16O13. The molecule has 2 fully saturated rings. The summed E-state index contributed by atoms with van der Waals surface area (Å²) in [6.07, 6.45) is 5.31. The highest BCUT2D eigenvalue weighted by Crippen LogP contribution is 2.22. The number of guanidine groups is 1. The van der Waals surface area contributed by atoms with E-state index in [0.29, 0.717) is 34.1 Å². The van der Waals surface area contributed by atoms with Gasteiger partial charge in [0.1, 0.15) is 60.1 Å². The van der Waals surface area contributed by atoms with Crippen LogP contribution in [0.4, 0.5) is 0 Å². The first-order valence-corrected chi connectivity index (χ1v) is 29.4. The summed E-state index contributed by atoms with van der Waals surface area (Å²) in [6.45, 7) is 7.66. The van der Waals surface area contributed by atoms with E-state index in [-0.39, 0.29) is 107 Å². The lowest BCUT2D eigenvalue weighted by Gasteiger charge is -2.31. The number of fused-ring (bicyclic) bond motifs is 1. The number of phenolic OH excluding ortho intramolecular Hbond substituents is 1. The number of aliphatic hydroxyl groups excluding tert-OH is 1. The second-order valence-corrected chi connectivity index (χ2v) is 22.9. The Morgan fingerprint density at radius 2 is 1.27 bits per heavy atom. The van der Waals surface area contributed by atoms with Gasteiger partial charge in [0.25, 0.3) is 0 Å². The van der Waals surface area contributed by atoms with Crippen molar-refractivity contribution in [2.75, 3.05) is 19.7 Å². The molecule has 11 amide bonds. The van der Waals surface area contributed by atoms with Crippen molar-refractivity contribution < 1.29 is 63.0 Å². The Balaban J connectivity index is 1.22. The quantitative estimate of drug-likeness (QED) is 0.0152. The standard InChI is InChI=1S/C59H82N16O13/c1-31(2)22-42(51(81)68-41(12-8-20-63-59(60)61)58(88)75-21-9-13-48(75)57(87)66-33(5)77)69-52(82)43(23-32(3)4)70-53(83)44(24-34-14-16-37(78)17-15-34)71-56(86)47(29-76)74-54(84)45(25-35-27-64-39-11-7-6-10-38(35)39)72-55(85)46(26-36-28-62-30-65-36)73-50(80)40-18-19-49(79)67-40/h6-7,10-11,14-17,27-28,30-32,40-48,64,76,78H,8-9,12-13,18-26,29H2,1-5H3,(H,62,65)(H,67,79)(H,68,81)(H,69,82)(H,70,83)(H,71,86)(H,72,85)(H,73,80)(H,74,84)(H4,60,61,63)(H,66,77,87)/t40-,41-,42-,43+,44-,45-,46-,47-,48-/m0/s1. The highest BCUT2D eigenvalue weighted by Gasteiger charge is 2.40. The molecule has 2 saturated heterocycles. The Morgan fingerprint density at radius 3 is 1.84 bits per heavy atom. The van der Waals surface area contributed by atoms with Gasteiger partial charge in [0.2, 0.25) is 65.0 Å². The van der Waals surface area contributed by atoms with Gasteiger partial charge in [0.05, 0.1) is 18.6 Å². The number of amides is 11. The molecule has 9 atom stereocenters. The molecule has 2 aliphatic heterocycles. The Hall–Kier alpha value is -9.41. The second-order valence-electron chi connectivity index (χ2n) is 22.9. The average Bonchev–Trinajstić information content (AvgIpc) is 4.36. The number of hydrogen-bond acceptors (Lipinski definition) is 15. The molecule has 2 aromatic carbocycles. The zero-order valence-electron chi connectivity index (χ0n) is 50.0. The number of imidazole rings is 1. The molecule has 4 aromatic rings. The number of nitrogens with two attached hydrogens (primary N) is 1. The van der Waals surface area contributed by atoms with Gasteiger partial charge in [0.15, 0.2) is 5.96 Å². The number of rotatable bonds is 31. The molecule has 0 spiro atoms. The van der Waals surface area contributed by atoms with Gasteiger partial charge < -0.3 is 78.7 Å². The average molecular weight is 1220 g/mol. The summed E-state index contributed by atoms with van der Waals surface area (Å²) in [5, 5.41) is 55.3. The summed E-state index contributed by atoms with van der Waals surface area (Å²) >= 11 is 0. The Labute approximate surface area is 508 Å². The zero-order valence-corrected chi connectivity index (χ0v) is 50.0. The van der Waals surface area contributed by atoms with Crippen LogP contribution in [0.25, 0.3) is 10.9 Å². The van der Waals surface area contributed by atoms with Gasteiger partial charge in [-0.2, -0.15) is 0 Å². The minimum Gasteiger partial charge on any atom is -0.508 e. The monoisotopic (exact) mass is 1220 g/mol. The maximum atomic E-state index is 14.7. The van der Waals surface area contributed by atoms with Crippen molar-refractivity contribution in [3.8, 4) is 5.75 Å². The molecule has 17 N–H and O–H groups in total. The number of phenols is 1. The van der Waals surface area contributed by atoms with Gasteiger partial charge in [-0.25, -0.2) is 4.98 Å². The van der Waals surface area contributed by atoms with E-state index < -0.39 is 120 Å². The number of H-pyrrole nitrogens is 2. The van der Waals surface area contributed by atoms with E-state index in [9.17, 15) is 63.0 Å². The van der Waals surface area contributed by atoms with Crippen LogP contribution < -0.4 is 58.9 Å². The van der Waals surface area contributed by atoms with Crippen molar-refractivity contribution >= 4 is 81.8 Å². The molecule has 2 aromatic heterocycles. The molecule has 29 nitrogen and oxygen atoms in total. The van der Waals surface area contributed by atoms with Crippen molar-refractivity contribution in [3.05, 3.63) is 84.1 Å². The van der Waals surface area contributed by atoms with Crippen molar-refractivity contribution in [1.82, 2.24) is 73.0 Å². The number of hydrogen-bond donors (Lipinski definition) is 16. The van der Waals surface area contributed by atoms with E-state index in [2.05, 4.69) is 68.1 Å².